The molecule has 0 aliphatic carbocycles. The molecule has 0 unspecified atom stereocenters. The molecule has 4 nitrogen and oxygen atoms in total. The second kappa shape index (κ2) is 7.18. The molecule has 24 heavy (non-hydrogen) atoms. The van der Waals surface area contributed by atoms with Crippen molar-refractivity contribution in [2.45, 2.75) is 0 Å². The molecule has 7 heteroatoms. The highest BCUT2D eigenvalue weighted by Crippen LogP contribution is 2.26. The van der Waals surface area contributed by atoms with Crippen LogP contribution in [0.25, 0.3) is 11.4 Å². The molecule has 2 aromatic carbocycles. The molecule has 0 saturated carbocycles. The molecule has 120 valence electrons. The summed E-state index contributed by atoms with van der Waals surface area (Å²) in [5, 5.41) is 4.18. The molecule has 1 aromatic heterocycles. The molecule has 1 amide bonds. The first-order chi connectivity index (χ1) is 11.5. The number of aromatic nitrogens is 2. The molecule has 0 spiro atoms. The highest BCUT2D eigenvalue weighted by Gasteiger charge is 2.11. The van der Waals surface area contributed by atoms with E-state index in [1.807, 2.05) is 12.1 Å². The number of hydrogen-bond acceptors (Lipinski definition) is 3. The first-order valence-corrected chi connectivity index (χ1v) is 8.01. The zero-order chi connectivity index (χ0) is 17.1. The van der Waals surface area contributed by atoms with Crippen molar-refractivity contribution in [3.8, 4) is 11.4 Å². The van der Waals surface area contributed by atoms with E-state index in [1.165, 1.54) is 12.4 Å². The van der Waals surface area contributed by atoms with E-state index in [-0.39, 0.29) is 5.91 Å². The topological polar surface area (TPSA) is 54.9 Å². The van der Waals surface area contributed by atoms with Crippen molar-refractivity contribution in [3.05, 3.63) is 75.5 Å². The number of hydrogen-bond donors (Lipinski definition) is 1. The van der Waals surface area contributed by atoms with Gasteiger partial charge in [-0.3, -0.25) is 4.79 Å². The summed E-state index contributed by atoms with van der Waals surface area (Å²) in [5.74, 6) is 0.130. The number of carbonyl (C=O) groups is 1. The number of nitrogens with one attached hydrogen (secondary N) is 1. The van der Waals surface area contributed by atoms with E-state index in [4.69, 9.17) is 34.8 Å². The molecule has 0 aliphatic heterocycles. The lowest BCUT2D eigenvalue weighted by Gasteiger charge is -2.08. The highest BCUT2D eigenvalue weighted by molar-refractivity contribution is 6.35. The van der Waals surface area contributed by atoms with Gasteiger partial charge in [-0.2, -0.15) is 0 Å². The summed E-state index contributed by atoms with van der Waals surface area (Å²) < 4.78 is 0. The Morgan fingerprint density at radius 1 is 0.875 bits per heavy atom. The number of benzene rings is 2. The van der Waals surface area contributed by atoms with Crippen LogP contribution in [0.4, 0.5) is 5.69 Å². The van der Waals surface area contributed by atoms with E-state index in [0.717, 1.165) is 5.56 Å². The summed E-state index contributed by atoms with van der Waals surface area (Å²) in [6, 6.07) is 11.9. The Balaban J connectivity index is 1.79. The Labute approximate surface area is 153 Å². The van der Waals surface area contributed by atoms with Gasteiger partial charge in [-0.25, -0.2) is 9.97 Å². The first kappa shape index (κ1) is 16.7. The summed E-state index contributed by atoms with van der Waals surface area (Å²) >= 11 is 17.8. The summed E-state index contributed by atoms with van der Waals surface area (Å²) in [6.45, 7) is 0. The third-order valence-electron chi connectivity index (χ3n) is 3.19. The van der Waals surface area contributed by atoms with Crippen molar-refractivity contribution in [2.24, 2.45) is 0 Å². The van der Waals surface area contributed by atoms with Crippen molar-refractivity contribution >= 4 is 46.4 Å². The zero-order valence-corrected chi connectivity index (χ0v) is 14.4. The normalized spacial score (nSPS) is 10.5. The molecular weight excluding hydrogens is 369 g/mol. The van der Waals surface area contributed by atoms with Gasteiger partial charge in [0.15, 0.2) is 5.82 Å². The van der Waals surface area contributed by atoms with Crippen LogP contribution in [0, 0.1) is 0 Å². The van der Waals surface area contributed by atoms with Crippen molar-refractivity contribution in [1.29, 1.82) is 0 Å². The quantitative estimate of drug-likeness (QED) is 0.668. The molecule has 0 fully saturated rings. The fourth-order valence-electron chi connectivity index (χ4n) is 1.98. The Bertz CT molecular complexity index is 881. The van der Waals surface area contributed by atoms with Gasteiger partial charge in [0, 0.05) is 28.0 Å². The minimum absolute atomic E-state index is 0.309. The fourth-order valence-corrected chi connectivity index (χ4v) is 2.44. The maximum atomic E-state index is 12.3. The molecule has 3 rings (SSSR count). The van der Waals surface area contributed by atoms with E-state index in [2.05, 4.69) is 15.3 Å². The lowest BCUT2D eigenvalue weighted by Crippen LogP contribution is -2.13. The van der Waals surface area contributed by atoms with E-state index >= 15 is 0 Å². The molecule has 0 atom stereocenters. The Morgan fingerprint density at radius 2 is 1.50 bits per heavy atom. The lowest BCUT2D eigenvalue weighted by atomic mass is 10.2. The largest absolute Gasteiger partial charge is 0.320 e. The number of halogens is 3. The lowest BCUT2D eigenvalue weighted by molar-refractivity contribution is 0.102. The van der Waals surface area contributed by atoms with Gasteiger partial charge >= 0.3 is 0 Å². The first-order valence-electron chi connectivity index (χ1n) is 6.87. The van der Waals surface area contributed by atoms with Gasteiger partial charge in [0.25, 0.3) is 5.91 Å². The van der Waals surface area contributed by atoms with Crippen LogP contribution in [0.5, 0.6) is 0 Å². The number of carbonyl (C=O) groups excluding carboxylic acids is 1. The average molecular weight is 379 g/mol. The Kier molecular flexibility index (Phi) is 5.00. The van der Waals surface area contributed by atoms with Crippen LogP contribution >= 0.6 is 34.8 Å². The molecule has 1 N–H and O–H groups in total. The standard InChI is InChI=1S/C17H10Cl3N3O/c18-12-3-1-10(2-4-12)16-21-8-11(9-22-16)17(24)23-15-7-13(19)5-6-14(15)20/h1-9H,(H,23,24). The van der Waals surface area contributed by atoms with Gasteiger partial charge in [0.1, 0.15) is 0 Å². The minimum atomic E-state index is -0.373. The Hall–Kier alpha value is -2.14. The van der Waals surface area contributed by atoms with Crippen LogP contribution in [0.3, 0.4) is 0 Å². The second-order valence-corrected chi connectivity index (χ2v) is 6.16. The van der Waals surface area contributed by atoms with Gasteiger partial charge in [0.05, 0.1) is 16.3 Å². The van der Waals surface area contributed by atoms with E-state index in [9.17, 15) is 4.79 Å². The molecule has 0 bridgehead atoms. The average Bonchev–Trinajstić information content (AvgIpc) is 2.59. The third kappa shape index (κ3) is 3.85. The van der Waals surface area contributed by atoms with Crippen LogP contribution in [-0.2, 0) is 0 Å². The maximum Gasteiger partial charge on any atom is 0.258 e. The predicted octanol–water partition coefficient (Wildman–Crippen LogP) is 5.36. The van der Waals surface area contributed by atoms with Crippen LogP contribution < -0.4 is 5.32 Å². The molecular formula is C17H10Cl3N3O. The number of amides is 1. The second-order valence-electron chi connectivity index (χ2n) is 4.88. The van der Waals surface area contributed by atoms with Gasteiger partial charge in [-0.15, -0.1) is 0 Å². The van der Waals surface area contributed by atoms with Gasteiger partial charge in [-0.05, 0) is 42.5 Å². The maximum absolute atomic E-state index is 12.3. The van der Waals surface area contributed by atoms with Gasteiger partial charge in [-0.1, -0.05) is 34.8 Å². The molecule has 0 saturated heterocycles. The van der Waals surface area contributed by atoms with E-state index < -0.39 is 0 Å². The SMILES string of the molecule is O=C(Nc1cc(Cl)ccc1Cl)c1cnc(-c2ccc(Cl)cc2)nc1. The van der Waals surface area contributed by atoms with Crippen LogP contribution in [0.2, 0.25) is 15.1 Å². The van der Waals surface area contributed by atoms with Gasteiger partial charge < -0.3 is 5.32 Å². The van der Waals surface area contributed by atoms with E-state index in [0.29, 0.717) is 32.1 Å². The Morgan fingerprint density at radius 3 is 2.17 bits per heavy atom. The van der Waals surface area contributed by atoms with E-state index in [1.54, 1.807) is 30.3 Å². The van der Waals surface area contributed by atoms with Crippen molar-refractivity contribution in [3.63, 3.8) is 0 Å². The monoisotopic (exact) mass is 377 g/mol. The molecule has 1 heterocycles. The van der Waals surface area contributed by atoms with Crippen molar-refractivity contribution in [1.82, 2.24) is 9.97 Å². The molecule has 3 aromatic rings. The smallest absolute Gasteiger partial charge is 0.258 e. The summed E-state index contributed by atoms with van der Waals surface area (Å²) in [6.07, 6.45) is 2.90. The fraction of sp³-hybridized carbons (Fsp3) is 0. The third-order valence-corrected chi connectivity index (χ3v) is 4.01. The summed E-state index contributed by atoms with van der Waals surface area (Å²) in [4.78, 5) is 20.7. The van der Waals surface area contributed by atoms with Crippen LogP contribution in [0.1, 0.15) is 10.4 Å². The number of nitrogens with zero attached hydrogens (tertiary/aromatic N) is 2. The highest BCUT2D eigenvalue weighted by atomic mass is 35.5. The van der Waals surface area contributed by atoms with Crippen LogP contribution in [-0.4, -0.2) is 15.9 Å². The number of anilines is 1. The summed E-state index contributed by atoms with van der Waals surface area (Å²) in [7, 11) is 0. The number of rotatable bonds is 3. The predicted molar refractivity (Wildman–Crippen MR) is 96.9 cm³/mol. The zero-order valence-electron chi connectivity index (χ0n) is 12.1. The van der Waals surface area contributed by atoms with Crippen molar-refractivity contribution in [2.75, 3.05) is 5.32 Å². The molecule has 0 aliphatic rings. The molecule has 0 radical (unpaired) electrons. The van der Waals surface area contributed by atoms with Crippen molar-refractivity contribution < 1.29 is 4.79 Å². The summed E-state index contributed by atoms with van der Waals surface area (Å²) in [5.41, 5.74) is 1.55. The van der Waals surface area contributed by atoms with Crippen LogP contribution in [0.15, 0.2) is 54.9 Å². The van der Waals surface area contributed by atoms with Gasteiger partial charge in [0.2, 0.25) is 0 Å². The minimum Gasteiger partial charge on any atom is -0.320 e.